The second kappa shape index (κ2) is 3.59. The van der Waals surface area contributed by atoms with Crippen molar-refractivity contribution in [1.82, 2.24) is 0 Å². The largest absolute Gasteiger partial charge is 0.481 e. The molecule has 0 radical (unpaired) electrons. The summed E-state index contributed by atoms with van der Waals surface area (Å²) in [4.78, 5) is 10.4. The number of nitro groups is 1. The second-order valence-electron chi connectivity index (χ2n) is 4.28. The van der Waals surface area contributed by atoms with E-state index in [1.54, 1.807) is 12.2 Å². The first-order valence-electron chi connectivity index (χ1n) is 5.04. The molecule has 86 valence electrons. The first kappa shape index (κ1) is 11.1. The van der Waals surface area contributed by atoms with Crippen molar-refractivity contribution in [3.8, 4) is 11.8 Å². The van der Waals surface area contributed by atoms with Gasteiger partial charge in [-0.05, 0) is 32.1 Å². The van der Waals surface area contributed by atoms with Crippen molar-refractivity contribution in [3.63, 3.8) is 0 Å². The summed E-state index contributed by atoms with van der Waals surface area (Å²) in [5, 5.41) is 19.8. The van der Waals surface area contributed by atoms with Crippen LogP contribution in [0.15, 0.2) is 18.2 Å². The molecular formula is C12H10N2O3. The van der Waals surface area contributed by atoms with Crippen LogP contribution in [-0.4, -0.2) is 10.5 Å². The molecule has 0 fully saturated rings. The molecule has 0 atom stereocenters. The molecule has 5 heteroatoms. The van der Waals surface area contributed by atoms with E-state index in [0.717, 1.165) is 0 Å². The summed E-state index contributed by atoms with van der Waals surface area (Å²) < 4.78 is 5.62. The van der Waals surface area contributed by atoms with E-state index in [1.165, 1.54) is 12.1 Å². The zero-order valence-electron chi connectivity index (χ0n) is 9.43. The van der Waals surface area contributed by atoms with Crippen LogP contribution in [-0.2, 0) is 0 Å². The lowest BCUT2D eigenvalue weighted by Crippen LogP contribution is -2.28. The molecule has 0 aromatic heterocycles. The maximum absolute atomic E-state index is 10.9. The Morgan fingerprint density at radius 3 is 2.76 bits per heavy atom. The number of hydrogen-bond acceptors (Lipinski definition) is 4. The zero-order chi connectivity index (χ0) is 12.6. The number of fused-ring (bicyclic) bond motifs is 1. The highest BCUT2D eigenvalue weighted by Crippen LogP contribution is 2.38. The first-order chi connectivity index (χ1) is 7.94. The molecule has 0 spiro atoms. The summed E-state index contributed by atoms with van der Waals surface area (Å²) in [6, 6.07) is 4.71. The van der Waals surface area contributed by atoms with Gasteiger partial charge in [0.25, 0.3) is 5.69 Å². The molecule has 1 aliphatic rings. The molecule has 1 heterocycles. The third-order valence-electron chi connectivity index (χ3n) is 2.51. The van der Waals surface area contributed by atoms with Crippen molar-refractivity contribution in [2.75, 3.05) is 0 Å². The van der Waals surface area contributed by atoms with E-state index in [4.69, 9.17) is 10.00 Å². The van der Waals surface area contributed by atoms with Gasteiger partial charge in [0.2, 0.25) is 0 Å². The number of ether oxygens (including phenoxy) is 1. The standard InChI is InChI=1S/C12H10N2O3/c1-12(2)6-5-9-10(14(15)16)4-3-8(7-13)11(9)17-12/h3-6H,1-2H3. The van der Waals surface area contributed by atoms with E-state index < -0.39 is 10.5 Å². The molecular weight excluding hydrogens is 220 g/mol. The zero-order valence-corrected chi connectivity index (χ0v) is 9.43. The molecule has 1 aromatic carbocycles. The average Bonchev–Trinajstić information content (AvgIpc) is 2.26. The number of nitriles is 1. The molecule has 0 amide bonds. The molecule has 0 aliphatic carbocycles. The van der Waals surface area contributed by atoms with Crippen molar-refractivity contribution in [1.29, 1.82) is 5.26 Å². The molecule has 0 unspecified atom stereocenters. The van der Waals surface area contributed by atoms with Crippen LogP contribution in [0.1, 0.15) is 25.0 Å². The fourth-order valence-electron chi connectivity index (χ4n) is 1.69. The molecule has 5 nitrogen and oxygen atoms in total. The topological polar surface area (TPSA) is 76.2 Å². The molecule has 17 heavy (non-hydrogen) atoms. The fourth-order valence-corrected chi connectivity index (χ4v) is 1.69. The van der Waals surface area contributed by atoms with Crippen molar-refractivity contribution < 1.29 is 9.66 Å². The lowest BCUT2D eigenvalue weighted by molar-refractivity contribution is -0.385. The molecule has 1 aromatic rings. The highest BCUT2D eigenvalue weighted by atomic mass is 16.6. The summed E-state index contributed by atoms with van der Waals surface area (Å²) in [6.45, 7) is 3.65. The van der Waals surface area contributed by atoms with Crippen LogP contribution >= 0.6 is 0 Å². The smallest absolute Gasteiger partial charge is 0.280 e. The van der Waals surface area contributed by atoms with E-state index in [0.29, 0.717) is 11.1 Å². The normalized spacial score (nSPS) is 15.6. The van der Waals surface area contributed by atoms with Crippen LogP contribution in [0.5, 0.6) is 5.75 Å². The van der Waals surface area contributed by atoms with E-state index >= 15 is 0 Å². The monoisotopic (exact) mass is 230 g/mol. The molecule has 1 aliphatic heterocycles. The van der Waals surface area contributed by atoms with Gasteiger partial charge in [-0.25, -0.2) is 0 Å². The molecule has 0 bridgehead atoms. The van der Waals surface area contributed by atoms with E-state index in [2.05, 4.69) is 0 Å². The molecule has 0 N–H and O–H groups in total. The number of rotatable bonds is 1. The summed E-state index contributed by atoms with van der Waals surface area (Å²) >= 11 is 0. The van der Waals surface area contributed by atoms with E-state index in [9.17, 15) is 10.1 Å². The summed E-state index contributed by atoms with van der Waals surface area (Å²) in [5.74, 6) is 0.286. The summed E-state index contributed by atoms with van der Waals surface area (Å²) in [7, 11) is 0. The van der Waals surface area contributed by atoms with Crippen LogP contribution in [0.3, 0.4) is 0 Å². The maximum atomic E-state index is 10.9. The van der Waals surface area contributed by atoms with Gasteiger partial charge in [-0.1, -0.05) is 0 Å². The van der Waals surface area contributed by atoms with Gasteiger partial charge in [0.1, 0.15) is 11.7 Å². The van der Waals surface area contributed by atoms with Crippen LogP contribution < -0.4 is 4.74 Å². The molecule has 0 saturated carbocycles. The Morgan fingerprint density at radius 1 is 1.47 bits per heavy atom. The highest BCUT2D eigenvalue weighted by molar-refractivity contribution is 5.73. The molecule has 0 saturated heterocycles. The third kappa shape index (κ3) is 1.85. The van der Waals surface area contributed by atoms with Crippen molar-refractivity contribution in [2.24, 2.45) is 0 Å². The predicted octanol–water partition coefficient (Wildman–Crippen LogP) is 2.65. The lowest BCUT2D eigenvalue weighted by Gasteiger charge is -2.28. The predicted molar refractivity (Wildman–Crippen MR) is 61.6 cm³/mol. The Morgan fingerprint density at radius 2 is 2.18 bits per heavy atom. The Bertz CT molecular complexity index is 568. The SMILES string of the molecule is CC1(C)C=Cc2c([N+](=O)[O-])ccc(C#N)c2O1. The Balaban J connectivity index is 2.70. The Labute approximate surface area is 98.1 Å². The van der Waals surface area contributed by atoms with Gasteiger partial charge >= 0.3 is 0 Å². The quantitative estimate of drug-likeness (QED) is 0.549. The number of nitro benzene ring substituents is 1. The van der Waals surface area contributed by atoms with Crippen LogP contribution in [0.25, 0.3) is 6.08 Å². The van der Waals surface area contributed by atoms with Gasteiger partial charge in [0.05, 0.1) is 16.1 Å². The summed E-state index contributed by atoms with van der Waals surface area (Å²) in [6.07, 6.45) is 3.38. The van der Waals surface area contributed by atoms with Gasteiger partial charge < -0.3 is 4.74 Å². The Kier molecular flexibility index (Phi) is 2.36. The number of benzene rings is 1. The van der Waals surface area contributed by atoms with Gasteiger partial charge in [-0.15, -0.1) is 0 Å². The lowest BCUT2D eigenvalue weighted by atomic mass is 9.99. The van der Waals surface area contributed by atoms with E-state index in [-0.39, 0.29) is 11.4 Å². The number of nitrogens with zero attached hydrogens (tertiary/aromatic N) is 2. The fraction of sp³-hybridized carbons (Fsp3) is 0.250. The highest BCUT2D eigenvalue weighted by Gasteiger charge is 2.29. The minimum absolute atomic E-state index is 0.0502. The van der Waals surface area contributed by atoms with Crippen LogP contribution in [0, 0.1) is 21.4 Å². The average molecular weight is 230 g/mol. The van der Waals surface area contributed by atoms with Gasteiger partial charge in [-0.3, -0.25) is 10.1 Å². The van der Waals surface area contributed by atoms with Gasteiger partial charge in [0, 0.05) is 6.07 Å². The van der Waals surface area contributed by atoms with Crippen molar-refractivity contribution >= 4 is 11.8 Å². The first-order valence-corrected chi connectivity index (χ1v) is 5.04. The Hall–Kier alpha value is -2.35. The van der Waals surface area contributed by atoms with E-state index in [1.807, 2.05) is 19.9 Å². The van der Waals surface area contributed by atoms with Gasteiger partial charge in [0.15, 0.2) is 5.75 Å². The van der Waals surface area contributed by atoms with Crippen LogP contribution in [0.4, 0.5) is 5.69 Å². The third-order valence-corrected chi connectivity index (χ3v) is 2.51. The van der Waals surface area contributed by atoms with Crippen LogP contribution in [0.2, 0.25) is 0 Å². The number of hydrogen-bond donors (Lipinski definition) is 0. The molecule has 2 rings (SSSR count). The maximum Gasteiger partial charge on any atom is 0.280 e. The second-order valence-corrected chi connectivity index (χ2v) is 4.28. The minimum Gasteiger partial charge on any atom is -0.481 e. The van der Waals surface area contributed by atoms with Crippen molar-refractivity contribution in [2.45, 2.75) is 19.4 Å². The van der Waals surface area contributed by atoms with Gasteiger partial charge in [-0.2, -0.15) is 5.26 Å². The van der Waals surface area contributed by atoms with Crippen molar-refractivity contribution in [3.05, 3.63) is 39.4 Å². The summed E-state index contributed by atoms with van der Waals surface area (Å²) in [5.41, 5.74) is 0.0514. The minimum atomic E-state index is -0.562.